The average molecular weight is 707 g/mol. The van der Waals surface area contributed by atoms with Gasteiger partial charge in [0.15, 0.2) is 0 Å². The molecule has 0 bridgehead atoms. The van der Waals surface area contributed by atoms with Gasteiger partial charge in [-0.15, -0.1) is 13.2 Å². The molecule has 12 nitrogen and oxygen atoms in total. The number of ether oxygens (including phenoxy) is 1. The largest absolute Gasteiger partial charge is 0.504 e. The van der Waals surface area contributed by atoms with Crippen molar-refractivity contribution in [2.24, 2.45) is 10.7 Å². The van der Waals surface area contributed by atoms with Crippen LogP contribution in [0.5, 0.6) is 0 Å². The van der Waals surface area contributed by atoms with E-state index in [0.717, 1.165) is 31.4 Å². The highest BCUT2D eigenvalue weighted by Gasteiger charge is 2.50. The lowest BCUT2D eigenvalue weighted by molar-refractivity contribution is -0.212. The number of halogens is 3. The third-order valence-electron chi connectivity index (χ3n) is 8.98. The van der Waals surface area contributed by atoms with Gasteiger partial charge in [0, 0.05) is 63.2 Å². The summed E-state index contributed by atoms with van der Waals surface area (Å²) in [6, 6.07) is 18.9. The normalized spacial score (nSPS) is 19.9. The molecule has 1 unspecified atom stereocenters. The molecule has 3 saturated heterocycles. The van der Waals surface area contributed by atoms with Gasteiger partial charge in [0.25, 0.3) is 17.7 Å². The fourth-order valence-corrected chi connectivity index (χ4v) is 6.00. The van der Waals surface area contributed by atoms with Gasteiger partial charge in [0.1, 0.15) is 17.6 Å². The minimum absolute atomic E-state index is 0.0288. The van der Waals surface area contributed by atoms with Crippen LogP contribution in [0.2, 0.25) is 0 Å². The predicted octanol–water partition coefficient (Wildman–Crippen LogP) is 3.96. The van der Waals surface area contributed by atoms with Crippen LogP contribution in [-0.4, -0.2) is 99.5 Å². The highest BCUT2D eigenvalue weighted by atomic mass is 19.4. The number of rotatable bonds is 9. The minimum Gasteiger partial charge on any atom is -0.404 e. The molecule has 270 valence electrons. The van der Waals surface area contributed by atoms with E-state index in [4.69, 9.17) is 10.5 Å². The maximum atomic E-state index is 12.9. The van der Waals surface area contributed by atoms with Crippen molar-refractivity contribution < 1.29 is 32.3 Å². The summed E-state index contributed by atoms with van der Waals surface area (Å²) in [6.07, 6.45) is -1.59. The molecule has 3 amide bonds. The number of piperidine rings is 1. The second kappa shape index (κ2) is 15.7. The van der Waals surface area contributed by atoms with Crippen LogP contribution in [0.4, 0.5) is 18.9 Å². The fraction of sp³-hybridized carbons (Fsp3) is 0.361. The molecular formula is C36H41F3N8O4. The summed E-state index contributed by atoms with van der Waals surface area (Å²) >= 11 is 0. The topological polar surface area (TPSA) is 138 Å². The molecule has 1 aromatic heterocycles. The van der Waals surface area contributed by atoms with Crippen molar-refractivity contribution in [1.82, 2.24) is 29.8 Å². The first-order chi connectivity index (χ1) is 24.3. The number of hydrogen-bond donors (Lipinski definition) is 2. The first kappa shape index (κ1) is 37.0. The Morgan fingerprint density at radius 2 is 1.80 bits per heavy atom. The molecule has 15 heteroatoms. The zero-order chi connectivity index (χ0) is 36.8. The molecule has 0 radical (unpaired) electrons. The van der Waals surface area contributed by atoms with Gasteiger partial charge in [-0.25, -0.2) is 4.99 Å². The first-order valence-corrected chi connectivity index (χ1v) is 16.4. The Kier molecular flexibility index (Phi) is 11.4. The highest BCUT2D eigenvalue weighted by Crippen LogP contribution is 2.37. The Labute approximate surface area is 294 Å². The second-order valence-corrected chi connectivity index (χ2v) is 12.5. The Balaban J connectivity index is 0.000000210. The van der Waals surface area contributed by atoms with Crippen LogP contribution in [-0.2, 0) is 27.2 Å². The predicted molar refractivity (Wildman–Crippen MR) is 184 cm³/mol. The van der Waals surface area contributed by atoms with Crippen LogP contribution in [0.15, 0.2) is 102 Å². The number of aliphatic imine (C=N–C) groups is 1. The van der Waals surface area contributed by atoms with E-state index >= 15 is 0 Å². The summed E-state index contributed by atoms with van der Waals surface area (Å²) in [4.78, 5) is 47.6. The Hall–Kier alpha value is -5.28. The van der Waals surface area contributed by atoms with E-state index in [0.29, 0.717) is 42.0 Å². The van der Waals surface area contributed by atoms with Crippen LogP contribution >= 0.6 is 0 Å². The fourth-order valence-electron chi connectivity index (χ4n) is 6.00. The third kappa shape index (κ3) is 8.55. The van der Waals surface area contributed by atoms with E-state index in [2.05, 4.69) is 26.9 Å². The number of amides is 3. The molecule has 2 aromatic carbocycles. The summed E-state index contributed by atoms with van der Waals surface area (Å²) in [5, 5.41) is 5.65. The average Bonchev–Trinajstić information content (AvgIpc) is 3.60. The third-order valence-corrected chi connectivity index (χ3v) is 8.98. The van der Waals surface area contributed by atoms with Gasteiger partial charge in [-0.2, -0.15) is 9.78 Å². The lowest BCUT2D eigenvalue weighted by atomic mass is 9.82. The summed E-state index contributed by atoms with van der Waals surface area (Å²) < 4.78 is 43.1. The van der Waals surface area contributed by atoms with Crippen molar-refractivity contribution in [3.05, 3.63) is 108 Å². The van der Waals surface area contributed by atoms with E-state index < -0.39 is 29.9 Å². The molecular weight excluding hydrogens is 665 g/mol. The first-order valence-electron chi connectivity index (χ1n) is 16.4. The lowest BCUT2D eigenvalue weighted by Crippen LogP contribution is -2.71. The number of aromatic nitrogens is 2. The standard InChI is InChI=1S/C19H19F3N6O2.C17H22N2O2/c1-2-27-16(24-13-6-4-3-5-7-13)12(11-23)10-15(18(27)30)25-17(29)14-8-9-28(26-14)19(20,21)22;1-14(10-19-9-8-17(19)12-21-13-17)16(20)18(2)11-15-6-4-3-5-7-15/h3-9,11,15H,2,10,23H2,1H3,(H,25,29);3-7H,1,8-13H2,2H3/b12-11-,24-16?;. The zero-order valence-electron chi connectivity index (χ0n) is 28.5. The van der Waals surface area contributed by atoms with Crippen LogP contribution in [0.3, 0.4) is 0 Å². The van der Waals surface area contributed by atoms with Gasteiger partial charge in [-0.1, -0.05) is 55.1 Å². The number of nitrogens with two attached hydrogens (primary N) is 1. The van der Waals surface area contributed by atoms with E-state index in [-0.39, 0.29) is 29.1 Å². The van der Waals surface area contributed by atoms with Gasteiger partial charge < -0.3 is 20.7 Å². The molecule has 1 spiro atoms. The number of likely N-dealkylation sites (N-methyl/N-ethyl adjacent to an activating group) is 2. The zero-order valence-corrected chi connectivity index (χ0v) is 28.5. The Morgan fingerprint density at radius 1 is 1.14 bits per heavy atom. The van der Waals surface area contributed by atoms with Crippen molar-refractivity contribution in [2.45, 2.75) is 44.2 Å². The van der Waals surface area contributed by atoms with Crippen molar-refractivity contribution >= 4 is 29.2 Å². The molecule has 3 aliphatic heterocycles. The number of likely N-dealkylation sites (tertiary alicyclic amines) is 2. The maximum absolute atomic E-state index is 12.9. The summed E-state index contributed by atoms with van der Waals surface area (Å²) in [5.41, 5.74) is 8.43. The van der Waals surface area contributed by atoms with E-state index in [1.807, 2.05) is 43.4 Å². The van der Waals surface area contributed by atoms with Crippen molar-refractivity contribution in [2.75, 3.05) is 39.9 Å². The number of nitrogens with one attached hydrogen (secondary N) is 1. The van der Waals surface area contributed by atoms with Crippen LogP contribution in [0.25, 0.3) is 0 Å². The molecule has 3 aromatic rings. The summed E-state index contributed by atoms with van der Waals surface area (Å²) in [7, 11) is 1.83. The molecule has 0 saturated carbocycles. The van der Waals surface area contributed by atoms with E-state index in [1.54, 1.807) is 36.1 Å². The van der Waals surface area contributed by atoms with Crippen molar-refractivity contribution in [1.29, 1.82) is 0 Å². The highest BCUT2D eigenvalue weighted by molar-refractivity contribution is 6.13. The monoisotopic (exact) mass is 706 g/mol. The van der Waals surface area contributed by atoms with Gasteiger partial charge in [-0.3, -0.25) is 24.2 Å². The van der Waals surface area contributed by atoms with Crippen LogP contribution in [0.1, 0.15) is 35.8 Å². The number of nitrogens with zero attached hydrogens (tertiary/aromatic N) is 6. The number of hydrogen-bond acceptors (Lipinski definition) is 8. The van der Waals surface area contributed by atoms with Gasteiger partial charge >= 0.3 is 6.30 Å². The summed E-state index contributed by atoms with van der Waals surface area (Å²) in [6.45, 7) is 9.90. The molecule has 4 heterocycles. The van der Waals surface area contributed by atoms with Crippen molar-refractivity contribution in [3.8, 4) is 0 Å². The number of carbonyl (C=O) groups is 3. The molecule has 3 aliphatic rings. The van der Waals surface area contributed by atoms with Gasteiger partial charge in [-0.05, 0) is 37.1 Å². The lowest BCUT2D eigenvalue weighted by Gasteiger charge is -2.57. The molecule has 51 heavy (non-hydrogen) atoms. The molecule has 3 N–H and O–H groups in total. The van der Waals surface area contributed by atoms with Gasteiger partial charge in [0.2, 0.25) is 0 Å². The molecule has 0 aliphatic carbocycles. The summed E-state index contributed by atoms with van der Waals surface area (Å²) in [5.74, 6) is -0.946. The number of amidine groups is 1. The Bertz CT molecular complexity index is 1780. The molecule has 6 rings (SSSR count). The quantitative estimate of drug-likeness (QED) is 0.322. The van der Waals surface area contributed by atoms with Crippen LogP contribution in [0, 0.1) is 0 Å². The smallest absolute Gasteiger partial charge is 0.404 e. The van der Waals surface area contributed by atoms with E-state index in [9.17, 15) is 27.6 Å². The molecule has 1 atom stereocenters. The van der Waals surface area contributed by atoms with Crippen molar-refractivity contribution in [3.63, 3.8) is 0 Å². The molecule has 3 fully saturated rings. The SMILES string of the molecule is C=C(CN1CCC12COC2)C(=O)N(C)Cc1ccccc1.CCN1C(=O)C(NC(=O)c2ccn(C(F)(F)F)n2)C/C(=C/N)C1=Nc1ccccc1. The number of para-hydroxylation sites is 1. The number of carbonyl (C=O) groups excluding carboxylic acids is 3. The minimum atomic E-state index is -4.74. The maximum Gasteiger partial charge on any atom is 0.504 e. The van der Waals surface area contributed by atoms with Gasteiger partial charge in [0.05, 0.1) is 24.4 Å². The Morgan fingerprint density at radius 3 is 2.33 bits per heavy atom. The number of benzene rings is 2. The second-order valence-electron chi connectivity index (χ2n) is 12.5. The van der Waals surface area contributed by atoms with E-state index in [1.165, 1.54) is 17.5 Å². The van der Waals surface area contributed by atoms with Crippen LogP contribution < -0.4 is 11.1 Å². The number of alkyl halides is 3.